The van der Waals surface area contributed by atoms with Crippen LogP contribution in [0.3, 0.4) is 0 Å². The van der Waals surface area contributed by atoms with Crippen LogP contribution in [0.2, 0.25) is 0 Å². The Bertz CT molecular complexity index is 630. The number of ether oxygens (including phenoxy) is 1. The van der Waals surface area contributed by atoms with Crippen LogP contribution in [0.5, 0.6) is 5.75 Å². The number of carbonyl (C=O) groups is 1. The maximum atomic E-state index is 13.1. The maximum absolute atomic E-state index is 13.1. The van der Waals surface area contributed by atoms with Crippen LogP contribution in [0.25, 0.3) is 6.08 Å². The number of halogens is 4. The second-order valence-electron chi connectivity index (χ2n) is 6.01. The predicted molar refractivity (Wildman–Crippen MR) is 75.5 cm³/mol. The van der Waals surface area contributed by atoms with Gasteiger partial charge >= 0.3 is 12.1 Å². The fourth-order valence-corrected chi connectivity index (χ4v) is 2.20. The van der Waals surface area contributed by atoms with E-state index in [2.05, 4.69) is 4.29 Å². The standard InChI is InChI=1S/C15H14ClF3O3/c1-14(2,3)9-5-4-8-6-10(13(20)22-16)12(15(17,18)19)21-11(8)7-9/h4-7,12H,1-3H3. The first kappa shape index (κ1) is 16.7. The second kappa shape index (κ2) is 5.50. The Balaban J connectivity index is 2.53. The molecule has 0 saturated heterocycles. The molecule has 0 spiro atoms. The van der Waals surface area contributed by atoms with Gasteiger partial charge in [0.2, 0.25) is 6.10 Å². The topological polar surface area (TPSA) is 35.5 Å². The lowest BCUT2D eigenvalue weighted by Crippen LogP contribution is -2.40. The van der Waals surface area contributed by atoms with Crippen molar-refractivity contribution in [2.24, 2.45) is 0 Å². The lowest BCUT2D eigenvalue weighted by atomic mass is 9.86. The Kier molecular flexibility index (Phi) is 4.17. The molecule has 0 N–H and O–H groups in total. The number of hydrogen-bond acceptors (Lipinski definition) is 3. The highest BCUT2D eigenvalue weighted by Gasteiger charge is 2.49. The van der Waals surface area contributed by atoms with Gasteiger partial charge in [0.1, 0.15) is 17.6 Å². The molecule has 1 unspecified atom stereocenters. The summed E-state index contributed by atoms with van der Waals surface area (Å²) in [5.41, 5.74) is 0.263. The third-order valence-electron chi connectivity index (χ3n) is 3.32. The molecule has 0 aliphatic carbocycles. The number of fused-ring (bicyclic) bond motifs is 1. The van der Waals surface area contributed by atoms with Crippen molar-refractivity contribution in [2.75, 3.05) is 0 Å². The van der Waals surface area contributed by atoms with E-state index in [4.69, 9.17) is 16.6 Å². The molecule has 1 aromatic carbocycles. The largest absolute Gasteiger partial charge is 0.475 e. The summed E-state index contributed by atoms with van der Waals surface area (Å²) in [4.78, 5) is 11.5. The molecule has 1 aliphatic heterocycles. The van der Waals surface area contributed by atoms with E-state index in [9.17, 15) is 18.0 Å². The smallest absolute Gasteiger partial charge is 0.430 e. The van der Waals surface area contributed by atoms with Crippen LogP contribution in [0.1, 0.15) is 31.9 Å². The zero-order valence-corrected chi connectivity index (χ0v) is 12.9. The van der Waals surface area contributed by atoms with Crippen LogP contribution >= 0.6 is 11.9 Å². The number of hydrogen-bond donors (Lipinski definition) is 0. The molecule has 7 heteroatoms. The molecule has 1 aromatic rings. The van der Waals surface area contributed by atoms with Gasteiger partial charge in [-0.2, -0.15) is 13.2 Å². The van der Waals surface area contributed by atoms with Gasteiger partial charge in [0, 0.05) is 5.56 Å². The highest BCUT2D eigenvalue weighted by molar-refractivity contribution is 6.16. The Morgan fingerprint density at radius 1 is 1.27 bits per heavy atom. The molecule has 0 aromatic heterocycles. The first-order valence-electron chi connectivity index (χ1n) is 6.46. The fourth-order valence-electron chi connectivity index (χ4n) is 2.11. The Morgan fingerprint density at radius 2 is 1.91 bits per heavy atom. The molecule has 0 bridgehead atoms. The minimum atomic E-state index is -4.76. The maximum Gasteiger partial charge on any atom is 0.430 e. The van der Waals surface area contributed by atoms with Gasteiger partial charge in [-0.1, -0.05) is 32.9 Å². The summed E-state index contributed by atoms with van der Waals surface area (Å²) in [5, 5.41) is 0. The molecule has 22 heavy (non-hydrogen) atoms. The molecule has 1 aliphatic rings. The van der Waals surface area contributed by atoms with Gasteiger partial charge in [0.15, 0.2) is 0 Å². The summed E-state index contributed by atoms with van der Waals surface area (Å²) < 4.78 is 48.2. The number of carbonyl (C=O) groups excluding carboxylic acids is 1. The Labute approximate surface area is 130 Å². The van der Waals surface area contributed by atoms with Crippen LogP contribution in [-0.4, -0.2) is 18.2 Å². The van der Waals surface area contributed by atoms with Crippen molar-refractivity contribution in [1.82, 2.24) is 0 Å². The SMILES string of the molecule is CC(C)(C)c1ccc2c(c1)OC(C(F)(F)F)C(C(=O)OCl)=C2. The van der Waals surface area contributed by atoms with E-state index in [0.29, 0.717) is 5.56 Å². The summed E-state index contributed by atoms with van der Waals surface area (Å²) in [6, 6.07) is 4.92. The Morgan fingerprint density at radius 3 is 2.41 bits per heavy atom. The van der Waals surface area contributed by atoms with Crippen molar-refractivity contribution >= 4 is 23.9 Å². The van der Waals surface area contributed by atoms with E-state index < -0.39 is 23.8 Å². The molecule has 1 heterocycles. The zero-order valence-electron chi connectivity index (χ0n) is 12.1. The van der Waals surface area contributed by atoms with Gasteiger partial charge in [-0.05, 0) is 23.1 Å². The van der Waals surface area contributed by atoms with Crippen LogP contribution in [0, 0.1) is 0 Å². The van der Waals surface area contributed by atoms with Gasteiger partial charge in [-0.3, -0.25) is 0 Å². The van der Waals surface area contributed by atoms with E-state index in [0.717, 1.165) is 11.6 Å². The monoisotopic (exact) mass is 334 g/mol. The van der Waals surface area contributed by atoms with Gasteiger partial charge in [0.25, 0.3) is 0 Å². The van der Waals surface area contributed by atoms with Gasteiger partial charge in [-0.15, -0.1) is 0 Å². The van der Waals surface area contributed by atoms with Crippen LogP contribution < -0.4 is 4.74 Å². The van der Waals surface area contributed by atoms with Gasteiger partial charge in [-0.25, -0.2) is 4.79 Å². The first-order chi connectivity index (χ1) is 10.0. The minimum Gasteiger partial charge on any atom is -0.475 e. The van der Waals surface area contributed by atoms with E-state index in [1.165, 1.54) is 0 Å². The summed E-state index contributed by atoms with van der Waals surface area (Å²) in [7, 11) is 0. The molecule has 1 atom stereocenters. The normalized spacial score (nSPS) is 18.1. The van der Waals surface area contributed by atoms with Crippen molar-refractivity contribution in [3.63, 3.8) is 0 Å². The summed E-state index contributed by atoms with van der Waals surface area (Å²) >= 11 is 4.90. The average molecular weight is 335 g/mol. The van der Waals surface area contributed by atoms with E-state index in [1.807, 2.05) is 20.8 Å². The summed E-state index contributed by atoms with van der Waals surface area (Å²) in [6.07, 6.45) is -6.07. The number of alkyl halides is 3. The molecule has 120 valence electrons. The predicted octanol–water partition coefficient (Wildman–Crippen LogP) is 4.39. The molecule has 0 radical (unpaired) electrons. The van der Waals surface area contributed by atoms with Crippen LogP contribution in [0.15, 0.2) is 23.8 Å². The molecular weight excluding hydrogens is 321 g/mol. The highest BCUT2D eigenvalue weighted by Crippen LogP contribution is 2.39. The molecule has 0 amide bonds. The van der Waals surface area contributed by atoms with Crippen LogP contribution in [-0.2, 0) is 14.5 Å². The molecule has 0 saturated carbocycles. The van der Waals surface area contributed by atoms with E-state index in [-0.39, 0.29) is 11.2 Å². The van der Waals surface area contributed by atoms with Crippen LogP contribution in [0.4, 0.5) is 13.2 Å². The quantitative estimate of drug-likeness (QED) is 0.764. The van der Waals surface area contributed by atoms with Crippen molar-refractivity contribution in [3.05, 3.63) is 34.9 Å². The van der Waals surface area contributed by atoms with Crippen molar-refractivity contribution < 1.29 is 27.0 Å². The molecule has 2 rings (SSSR count). The molecule has 3 nitrogen and oxygen atoms in total. The van der Waals surface area contributed by atoms with E-state index >= 15 is 0 Å². The molecule has 0 fully saturated rings. The Hall–Kier alpha value is -1.69. The lowest BCUT2D eigenvalue weighted by molar-refractivity contribution is -0.186. The number of rotatable bonds is 1. The summed E-state index contributed by atoms with van der Waals surface area (Å²) in [5.74, 6) is -1.21. The minimum absolute atomic E-state index is 0.0703. The second-order valence-corrected chi connectivity index (χ2v) is 6.16. The van der Waals surface area contributed by atoms with Crippen molar-refractivity contribution in [2.45, 2.75) is 38.5 Å². The van der Waals surface area contributed by atoms with Gasteiger partial charge < -0.3 is 9.03 Å². The fraction of sp³-hybridized carbons (Fsp3) is 0.400. The van der Waals surface area contributed by atoms with Gasteiger partial charge in [0.05, 0.1) is 5.57 Å². The lowest BCUT2D eigenvalue weighted by Gasteiger charge is -2.29. The number of benzene rings is 1. The van der Waals surface area contributed by atoms with E-state index in [1.54, 1.807) is 18.2 Å². The first-order valence-corrected chi connectivity index (χ1v) is 6.77. The highest BCUT2D eigenvalue weighted by atomic mass is 35.5. The zero-order chi connectivity index (χ0) is 16.7. The third kappa shape index (κ3) is 3.21. The van der Waals surface area contributed by atoms with Crippen molar-refractivity contribution in [3.8, 4) is 5.75 Å². The molecular formula is C15H14ClF3O3. The average Bonchev–Trinajstić information content (AvgIpc) is 2.42. The third-order valence-corrected chi connectivity index (χ3v) is 3.46. The summed E-state index contributed by atoms with van der Waals surface area (Å²) in [6.45, 7) is 5.81. The van der Waals surface area contributed by atoms with Crippen molar-refractivity contribution in [1.29, 1.82) is 0 Å².